The highest BCUT2D eigenvalue weighted by Gasteiger charge is 2.03. The Bertz CT molecular complexity index is 570. The molecule has 4 heteroatoms. The lowest BCUT2D eigenvalue weighted by atomic mass is 10.2. The molecule has 1 aromatic heterocycles. The van der Waals surface area contributed by atoms with Crippen LogP contribution in [0.4, 0.5) is 0 Å². The van der Waals surface area contributed by atoms with Gasteiger partial charge in [0.15, 0.2) is 0 Å². The van der Waals surface area contributed by atoms with E-state index in [0.717, 1.165) is 17.9 Å². The molecule has 0 amide bonds. The molecule has 2 aromatic rings. The van der Waals surface area contributed by atoms with E-state index >= 15 is 0 Å². The molecule has 1 heterocycles. The van der Waals surface area contributed by atoms with Gasteiger partial charge in [0.05, 0.1) is 13.2 Å². The minimum Gasteiger partial charge on any atom is -0.491 e. The fourth-order valence-electron chi connectivity index (χ4n) is 2.08. The summed E-state index contributed by atoms with van der Waals surface area (Å²) in [6.45, 7) is 5.54. The highest BCUT2D eigenvalue weighted by Crippen LogP contribution is 2.16. The standard InChI is InChI=1S/C17H22N2O2/c1-13(2)21-16-8-4-6-14(10-16)11-18-12-15-7-5-9-19-17(15)20-3/h4-10,13,18H,11-12H2,1-3H3. The van der Waals surface area contributed by atoms with Crippen LogP contribution in [0.15, 0.2) is 42.6 Å². The van der Waals surface area contributed by atoms with Crippen molar-refractivity contribution in [1.29, 1.82) is 0 Å². The van der Waals surface area contributed by atoms with Gasteiger partial charge in [0.1, 0.15) is 5.75 Å². The number of rotatable bonds is 7. The average molecular weight is 286 g/mol. The van der Waals surface area contributed by atoms with Gasteiger partial charge in [0.25, 0.3) is 0 Å². The SMILES string of the molecule is COc1ncccc1CNCc1cccc(OC(C)C)c1. The van der Waals surface area contributed by atoms with Gasteiger partial charge in [0.2, 0.25) is 5.88 Å². The van der Waals surface area contributed by atoms with Crippen LogP contribution in [0.2, 0.25) is 0 Å². The van der Waals surface area contributed by atoms with Crippen molar-refractivity contribution in [2.75, 3.05) is 7.11 Å². The smallest absolute Gasteiger partial charge is 0.217 e. The zero-order valence-corrected chi connectivity index (χ0v) is 12.8. The van der Waals surface area contributed by atoms with Gasteiger partial charge in [-0.15, -0.1) is 0 Å². The Kier molecular flexibility index (Phi) is 5.58. The van der Waals surface area contributed by atoms with Gasteiger partial charge >= 0.3 is 0 Å². The molecule has 112 valence electrons. The molecule has 0 saturated carbocycles. The zero-order valence-electron chi connectivity index (χ0n) is 12.8. The van der Waals surface area contributed by atoms with Crippen LogP contribution in [0, 0.1) is 0 Å². The number of nitrogens with zero attached hydrogens (tertiary/aromatic N) is 1. The van der Waals surface area contributed by atoms with Gasteiger partial charge < -0.3 is 14.8 Å². The quantitative estimate of drug-likeness (QED) is 0.849. The van der Waals surface area contributed by atoms with Crippen molar-refractivity contribution >= 4 is 0 Å². The second-order valence-electron chi connectivity index (χ2n) is 5.09. The fraction of sp³-hybridized carbons (Fsp3) is 0.353. The molecule has 0 spiro atoms. The van der Waals surface area contributed by atoms with E-state index in [1.807, 2.05) is 38.1 Å². The minimum atomic E-state index is 0.188. The third-order valence-corrected chi connectivity index (χ3v) is 2.96. The first-order valence-corrected chi connectivity index (χ1v) is 7.13. The van der Waals surface area contributed by atoms with Crippen molar-refractivity contribution in [1.82, 2.24) is 10.3 Å². The number of nitrogens with one attached hydrogen (secondary N) is 1. The van der Waals surface area contributed by atoms with Crippen LogP contribution in [0.1, 0.15) is 25.0 Å². The third kappa shape index (κ3) is 4.76. The molecule has 0 aliphatic rings. The van der Waals surface area contributed by atoms with Crippen LogP contribution in [-0.2, 0) is 13.1 Å². The van der Waals surface area contributed by atoms with E-state index in [-0.39, 0.29) is 6.10 Å². The van der Waals surface area contributed by atoms with Gasteiger partial charge in [-0.2, -0.15) is 0 Å². The number of hydrogen-bond acceptors (Lipinski definition) is 4. The van der Waals surface area contributed by atoms with Crippen LogP contribution >= 0.6 is 0 Å². The van der Waals surface area contributed by atoms with Gasteiger partial charge in [-0.1, -0.05) is 18.2 Å². The summed E-state index contributed by atoms with van der Waals surface area (Å²) in [4.78, 5) is 4.19. The number of methoxy groups -OCH3 is 1. The van der Waals surface area contributed by atoms with Crippen LogP contribution in [-0.4, -0.2) is 18.2 Å². The van der Waals surface area contributed by atoms with Crippen molar-refractivity contribution in [3.05, 3.63) is 53.7 Å². The van der Waals surface area contributed by atoms with E-state index in [1.165, 1.54) is 5.56 Å². The Morgan fingerprint density at radius 2 is 2.00 bits per heavy atom. The van der Waals surface area contributed by atoms with Crippen LogP contribution in [0.5, 0.6) is 11.6 Å². The van der Waals surface area contributed by atoms with Crippen molar-refractivity contribution in [2.45, 2.75) is 33.0 Å². The topological polar surface area (TPSA) is 43.4 Å². The zero-order chi connectivity index (χ0) is 15.1. The Labute approximate surface area is 126 Å². The van der Waals surface area contributed by atoms with Crippen LogP contribution in [0.3, 0.4) is 0 Å². The molecule has 1 N–H and O–H groups in total. The monoisotopic (exact) mass is 286 g/mol. The number of hydrogen-bond donors (Lipinski definition) is 1. The maximum absolute atomic E-state index is 5.70. The molecule has 1 aromatic carbocycles. The molecule has 4 nitrogen and oxygen atoms in total. The summed E-state index contributed by atoms with van der Waals surface area (Å²) in [5.41, 5.74) is 2.24. The Morgan fingerprint density at radius 3 is 2.76 bits per heavy atom. The van der Waals surface area contributed by atoms with E-state index < -0.39 is 0 Å². The molecule has 0 aliphatic carbocycles. The number of ether oxygens (including phenoxy) is 2. The summed E-state index contributed by atoms with van der Waals surface area (Å²) < 4.78 is 10.9. The lowest BCUT2D eigenvalue weighted by molar-refractivity contribution is 0.242. The lowest BCUT2D eigenvalue weighted by Gasteiger charge is -2.12. The first kappa shape index (κ1) is 15.3. The normalized spacial score (nSPS) is 10.7. The van der Waals surface area contributed by atoms with Crippen molar-refractivity contribution < 1.29 is 9.47 Å². The lowest BCUT2D eigenvalue weighted by Crippen LogP contribution is -2.14. The predicted octanol–water partition coefficient (Wildman–Crippen LogP) is 3.17. The molecular formula is C17H22N2O2. The number of aromatic nitrogens is 1. The first-order valence-electron chi connectivity index (χ1n) is 7.13. The molecular weight excluding hydrogens is 264 g/mol. The van der Waals surface area contributed by atoms with E-state index in [9.17, 15) is 0 Å². The number of benzene rings is 1. The Balaban J connectivity index is 1.91. The molecule has 0 radical (unpaired) electrons. The van der Waals surface area contributed by atoms with E-state index in [0.29, 0.717) is 12.4 Å². The highest BCUT2D eigenvalue weighted by molar-refractivity contribution is 5.29. The van der Waals surface area contributed by atoms with E-state index in [1.54, 1.807) is 13.3 Å². The van der Waals surface area contributed by atoms with Gasteiger partial charge in [-0.05, 0) is 37.6 Å². The van der Waals surface area contributed by atoms with E-state index in [2.05, 4.69) is 22.4 Å². The summed E-state index contributed by atoms with van der Waals surface area (Å²) in [6, 6.07) is 12.1. The van der Waals surface area contributed by atoms with Crippen molar-refractivity contribution in [3.8, 4) is 11.6 Å². The molecule has 0 saturated heterocycles. The molecule has 0 atom stereocenters. The summed E-state index contributed by atoms with van der Waals surface area (Å²) >= 11 is 0. The summed E-state index contributed by atoms with van der Waals surface area (Å²) in [6.07, 6.45) is 1.92. The molecule has 21 heavy (non-hydrogen) atoms. The summed E-state index contributed by atoms with van der Waals surface area (Å²) in [7, 11) is 1.64. The van der Waals surface area contributed by atoms with Crippen LogP contribution < -0.4 is 14.8 Å². The van der Waals surface area contributed by atoms with Crippen LogP contribution in [0.25, 0.3) is 0 Å². The Hall–Kier alpha value is -2.07. The third-order valence-electron chi connectivity index (χ3n) is 2.96. The highest BCUT2D eigenvalue weighted by atomic mass is 16.5. The summed E-state index contributed by atoms with van der Waals surface area (Å²) in [5, 5.41) is 3.40. The first-order chi connectivity index (χ1) is 10.2. The molecule has 0 unspecified atom stereocenters. The number of pyridine rings is 1. The molecule has 2 rings (SSSR count). The maximum Gasteiger partial charge on any atom is 0.217 e. The second kappa shape index (κ2) is 7.64. The van der Waals surface area contributed by atoms with Gasteiger partial charge in [-0.25, -0.2) is 4.98 Å². The Morgan fingerprint density at radius 1 is 1.14 bits per heavy atom. The van der Waals surface area contributed by atoms with Crippen molar-refractivity contribution in [3.63, 3.8) is 0 Å². The fourth-order valence-corrected chi connectivity index (χ4v) is 2.08. The summed E-state index contributed by atoms with van der Waals surface area (Å²) in [5.74, 6) is 1.57. The van der Waals surface area contributed by atoms with Crippen molar-refractivity contribution in [2.24, 2.45) is 0 Å². The largest absolute Gasteiger partial charge is 0.491 e. The molecule has 0 aliphatic heterocycles. The predicted molar refractivity (Wildman–Crippen MR) is 83.5 cm³/mol. The van der Waals surface area contributed by atoms with Gasteiger partial charge in [0, 0.05) is 24.8 Å². The molecule has 0 bridgehead atoms. The van der Waals surface area contributed by atoms with Gasteiger partial charge in [-0.3, -0.25) is 0 Å². The van der Waals surface area contributed by atoms with E-state index in [4.69, 9.17) is 9.47 Å². The average Bonchev–Trinajstić information content (AvgIpc) is 2.47. The minimum absolute atomic E-state index is 0.188. The molecule has 0 fully saturated rings. The second-order valence-corrected chi connectivity index (χ2v) is 5.09. The maximum atomic E-state index is 5.70.